The molecule has 13 heteroatoms. The number of hydrogen-bond acceptors (Lipinski definition) is 10. The molecule has 2 aliphatic rings. The van der Waals surface area contributed by atoms with Crippen molar-refractivity contribution >= 4 is 37.0 Å². The lowest BCUT2D eigenvalue weighted by atomic mass is 10.0. The third-order valence-electron chi connectivity index (χ3n) is 8.81. The molecule has 2 aliphatic heterocycles. The number of rotatable bonds is 12. The summed E-state index contributed by atoms with van der Waals surface area (Å²) in [6.07, 6.45) is 4.14. The van der Waals surface area contributed by atoms with E-state index in [4.69, 9.17) is 10.6 Å². The normalized spacial score (nSPS) is 17.3. The van der Waals surface area contributed by atoms with E-state index in [0.717, 1.165) is 35.9 Å². The van der Waals surface area contributed by atoms with Crippen molar-refractivity contribution in [3.8, 4) is 17.5 Å². The zero-order valence-electron chi connectivity index (χ0n) is 28.1. The van der Waals surface area contributed by atoms with Crippen molar-refractivity contribution in [3.63, 3.8) is 0 Å². The van der Waals surface area contributed by atoms with E-state index in [-0.39, 0.29) is 23.4 Å². The van der Waals surface area contributed by atoms with Gasteiger partial charge in [0.2, 0.25) is 11.8 Å². The first-order chi connectivity index (χ1) is 23.1. The van der Waals surface area contributed by atoms with Gasteiger partial charge in [0.05, 0.1) is 19.1 Å². The van der Waals surface area contributed by atoms with Gasteiger partial charge in [-0.15, -0.1) is 0 Å². The van der Waals surface area contributed by atoms with Crippen molar-refractivity contribution in [1.29, 1.82) is 5.26 Å². The summed E-state index contributed by atoms with van der Waals surface area (Å²) in [5.41, 5.74) is 4.06. The second-order valence-corrected chi connectivity index (χ2v) is 19.1. The van der Waals surface area contributed by atoms with Crippen LogP contribution in [-0.2, 0) is 20.9 Å². The standard InChI is InChI=1S/C35H45N9O3Si/c1-48(2,3)20-19-47-25-28-5-8-29(21-31(28)32(22-36)41-37)40-35(46)27-11-14-42(23-27)24-33(45)44-17-15-43(16-18-44)30-9-6-26(7-10-30)34-38-12-4-13-39-34/h4-10,12-13,21,27H,11,14-20,23-25,37H2,1-3H3,(H,40,46)/t27-/m1/s1. The lowest BCUT2D eigenvalue weighted by Gasteiger charge is -2.36. The summed E-state index contributed by atoms with van der Waals surface area (Å²) in [5.74, 6) is 5.94. The number of nitriles is 1. The number of nitrogens with two attached hydrogens (primary N) is 1. The lowest BCUT2D eigenvalue weighted by Crippen LogP contribution is -2.51. The third kappa shape index (κ3) is 9.24. The fraction of sp³-hybridized carbons (Fsp3) is 0.429. The summed E-state index contributed by atoms with van der Waals surface area (Å²) in [6, 6.07) is 18.5. The highest BCUT2D eigenvalue weighted by Gasteiger charge is 2.31. The number of aromatic nitrogens is 2. The average molecular weight is 668 g/mol. The van der Waals surface area contributed by atoms with Crippen molar-refractivity contribution in [2.45, 2.75) is 38.7 Å². The third-order valence-corrected chi connectivity index (χ3v) is 10.5. The van der Waals surface area contributed by atoms with Crippen LogP contribution in [0.3, 0.4) is 0 Å². The number of likely N-dealkylation sites (tertiary alicyclic amines) is 1. The molecule has 3 aromatic rings. The minimum Gasteiger partial charge on any atom is -0.377 e. The monoisotopic (exact) mass is 667 g/mol. The van der Waals surface area contributed by atoms with Crippen LogP contribution in [0.1, 0.15) is 17.5 Å². The Morgan fingerprint density at radius 2 is 1.79 bits per heavy atom. The van der Waals surface area contributed by atoms with Gasteiger partial charge in [0, 0.05) is 82.3 Å². The van der Waals surface area contributed by atoms with E-state index in [0.29, 0.717) is 69.4 Å². The summed E-state index contributed by atoms with van der Waals surface area (Å²) >= 11 is 0. The Kier molecular flexibility index (Phi) is 11.5. The Balaban J connectivity index is 1.09. The number of anilines is 2. The average Bonchev–Trinajstić information content (AvgIpc) is 3.57. The molecule has 0 saturated carbocycles. The highest BCUT2D eigenvalue weighted by Crippen LogP contribution is 2.24. The van der Waals surface area contributed by atoms with Crippen molar-refractivity contribution in [1.82, 2.24) is 19.8 Å². The van der Waals surface area contributed by atoms with Gasteiger partial charge in [-0.3, -0.25) is 14.5 Å². The number of nitrogens with one attached hydrogen (secondary N) is 1. The van der Waals surface area contributed by atoms with Crippen molar-refractivity contribution in [2.75, 3.05) is 62.6 Å². The first kappa shape index (κ1) is 34.7. The van der Waals surface area contributed by atoms with Gasteiger partial charge in [0.25, 0.3) is 0 Å². The highest BCUT2D eigenvalue weighted by molar-refractivity contribution is 6.76. The van der Waals surface area contributed by atoms with Crippen molar-refractivity contribution in [3.05, 3.63) is 72.1 Å². The molecule has 252 valence electrons. The summed E-state index contributed by atoms with van der Waals surface area (Å²) in [5, 5.41) is 16.3. The molecule has 0 aliphatic carbocycles. The molecule has 2 amide bonds. The predicted octanol–water partition coefficient (Wildman–Crippen LogP) is 3.79. The fourth-order valence-corrected chi connectivity index (χ4v) is 6.69. The van der Waals surface area contributed by atoms with Crippen LogP contribution in [-0.4, -0.2) is 97.8 Å². The molecule has 0 radical (unpaired) electrons. The molecule has 0 unspecified atom stereocenters. The summed E-state index contributed by atoms with van der Waals surface area (Å²) in [7, 11) is -1.23. The molecule has 0 bridgehead atoms. The van der Waals surface area contributed by atoms with E-state index >= 15 is 0 Å². The number of carbonyl (C=O) groups excluding carboxylic acids is 2. The Bertz CT molecular complexity index is 1630. The highest BCUT2D eigenvalue weighted by atomic mass is 28.3. The maximum atomic E-state index is 13.2. The molecule has 1 atom stereocenters. The molecule has 2 fully saturated rings. The SMILES string of the molecule is C[Si](C)(C)CCOCc1ccc(NC(=O)[C@@H]2CCN(CC(=O)N3CCN(c4ccc(-c5ncccn5)cc4)CC3)C2)cc1C(C#N)=NN. The molecule has 48 heavy (non-hydrogen) atoms. The van der Waals surface area contributed by atoms with E-state index in [1.807, 2.05) is 35.2 Å². The maximum absolute atomic E-state index is 13.2. The fourth-order valence-electron chi connectivity index (χ4n) is 5.93. The zero-order chi connectivity index (χ0) is 34.1. The van der Waals surface area contributed by atoms with E-state index < -0.39 is 8.07 Å². The summed E-state index contributed by atoms with van der Waals surface area (Å²) in [6.45, 7) is 12.2. The minimum atomic E-state index is -1.23. The number of hydrogen-bond donors (Lipinski definition) is 2. The predicted molar refractivity (Wildman–Crippen MR) is 190 cm³/mol. The van der Waals surface area contributed by atoms with E-state index in [9.17, 15) is 14.9 Å². The van der Waals surface area contributed by atoms with Gasteiger partial charge in [0.15, 0.2) is 11.5 Å². The zero-order valence-corrected chi connectivity index (χ0v) is 29.1. The quantitative estimate of drug-likeness (QED) is 0.0966. The molecular weight excluding hydrogens is 623 g/mol. The Morgan fingerprint density at radius 3 is 2.46 bits per heavy atom. The summed E-state index contributed by atoms with van der Waals surface area (Å²) in [4.78, 5) is 41.3. The molecule has 1 aromatic heterocycles. The minimum absolute atomic E-state index is 0.0809. The Labute approximate surface area is 283 Å². The molecule has 12 nitrogen and oxygen atoms in total. The summed E-state index contributed by atoms with van der Waals surface area (Å²) < 4.78 is 5.91. The molecule has 0 spiro atoms. The molecule has 3 heterocycles. The molecule has 5 rings (SSSR count). The second kappa shape index (κ2) is 16.0. The van der Waals surface area contributed by atoms with Gasteiger partial charge in [0.1, 0.15) is 6.07 Å². The largest absolute Gasteiger partial charge is 0.377 e. The molecule has 3 N–H and O–H groups in total. The van der Waals surface area contributed by atoms with Crippen LogP contribution in [0.25, 0.3) is 11.4 Å². The van der Waals surface area contributed by atoms with Crippen LogP contribution in [0.15, 0.2) is 66.0 Å². The number of amides is 2. The number of piperazine rings is 1. The van der Waals surface area contributed by atoms with Gasteiger partial charge in [-0.25, -0.2) is 9.97 Å². The van der Waals surface area contributed by atoms with Crippen LogP contribution < -0.4 is 16.1 Å². The number of nitrogens with zero attached hydrogens (tertiary/aromatic N) is 7. The van der Waals surface area contributed by atoms with Crippen LogP contribution in [0, 0.1) is 17.2 Å². The van der Waals surface area contributed by atoms with Gasteiger partial charge in [-0.2, -0.15) is 10.4 Å². The second-order valence-electron chi connectivity index (χ2n) is 13.5. The lowest BCUT2D eigenvalue weighted by molar-refractivity contribution is -0.132. The van der Waals surface area contributed by atoms with Crippen molar-refractivity contribution < 1.29 is 14.3 Å². The maximum Gasteiger partial charge on any atom is 0.236 e. The first-order valence-corrected chi connectivity index (χ1v) is 20.2. The van der Waals surface area contributed by atoms with E-state index in [1.165, 1.54) is 0 Å². The van der Waals surface area contributed by atoms with Gasteiger partial charge in [-0.1, -0.05) is 25.7 Å². The van der Waals surface area contributed by atoms with Crippen LogP contribution in [0.2, 0.25) is 25.7 Å². The first-order valence-electron chi connectivity index (χ1n) is 16.5. The van der Waals surface area contributed by atoms with Gasteiger partial charge in [-0.05, 0) is 67.0 Å². The number of carbonyl (C=O) groups is 2. The van der Waals surface area contributed by atoms with Crippen LogP contribution in [0.4, 0.5) is 11.4 Å². The topological polar surface area (TPSA) is 153 Å². The van der Waals surface area contributed by atoms with Crippen LogP contribution >= 0.6 is 0 Å². The van der Waals surface area contributed by atoms with Crippen LogP contribution in [0.5, 0.6) is 0 Å². The smallest absolute Gasteiger partial charge is 0.236 e. The molecular formula is C35H45N9O3Si. The number of hydrazone groups is 1. The van der Waals surface area contributed by atoms with Gasteiger partial charge >= 0.3 is 0 Å². The number of ether oxygens (including phenoxy) is 1. The van der Waals surface area contributed by atoms with E-state index in [1.54, 1.807) is 24.5 Å². The van der Waals surface area contributed by atoms with Crippen molar-refractivity contribution in [2.24, 2.45) is 16.9 Å². The van der Waals surface area contributed by atoms with E-state index in [2.05, 4.69) is 62.0 Å². The van der Waals surface area contributed by atoms with Gasteiger partial charge < -0.3 is 25.7 Å². The Hall–Kier alpha value is -4.64. The molecule has 2 saturated heterocycles. The number of benzene rings is 2. The Morgan fingerprint density at radius 1 is 1.06 bits per heavy atom. The molecule has 2 aromatic carbocycles.